The van der Waals surface area contributed by atoms with Gasteiger partial charge in [0.25, 0.3) is 0 Å². The fourth-order valence-corrected chi connectivity index (χ4v) is 3.06. The number of pyridine rings is 1. The van der Waals surface area contributed by atoms with E-state index < -0.39 is 0 Å². The first-order chi connectivity index (χ1) is 11.2. The summed E-state index contributed by atoms with van der Waals surface area (Å²) in [6, 6.07) is 9.18. The standard InChI is InChI=1S/C16H16N4O2S/c17-9-12-3-5-18-15(8-12)22-13-4-6-20(11-13)16(21)19-10-14-2-1-7-23-14/h1-3,5,7-8,13H,4,6,10-11H2,(H,19,21). The Morgan fingerprint density at radius 3 is 3.26 bits per heavy atom. The summed E-state index contributed by atoms with van der Waals surface area (Å²) in [5.41, 5.74) is 0.513. The van der Waals surface area contributed by atoms with E-state index in [1.54, 1.807) is 34.6 Å². The van der Waals surface area contributed by atoms with Crippen LogP contribution >= 0.6 is 11.3 Å². The van der Waals surface area contributed by atoms with E-state index >= 15 is 0 Å². The summed E-state index contributed by atoms with van der Waals surface area (Å²) >= 11 is 1.62. The lowest BCUT2D eigenvalue weighted by molar-refractivity contribution is 0.183. The highest BCUT2D eigenvalue weighted by Crippen LogP contribution is 2.17. The normalized spacial score (nSPS) is 16.8. The number of likely N-dealkylation sites (tertiary alicyclic amines) is 1. The highest BCUT2D eigenvalue weighted by atomic mass is 32.1. The van der Waals surface area contributed by atoms with Crippen molar-refractivity contribution in [1.82, 2.24) is 15.2 Å². The minimum absolute atomic E-state index is 0.0803. The Bertz CT molecular complexity index is 711. The van der Waals surface area contributed by atoms with E-state index in [1.165, 1.54) is 0 Å². The zero-order valence-corrected chi connectivity index (χ0v) is 13.3. The molecule has 1 N–H and O–H groups in total. The molecule has 0 aliphatic carbocycles. The van der Waals surface area contributed by atoms with E-state index in [9.17, 15) is 4.79 Å². The molecule has 0 radical (unpaired) electrons. The number of carbonyl (C=O) groups is 1. The van der Waals surface area contributed by atoms with Gasteiger partial charge in [0.1, 0.15) is 6.10 Å². The van der Waals surface area contributed by atoms with Gasteiger partial charge in [-0.05, 0) is 17.5 Å². The number of urea groups is 1. The van der Waals surface area contributed by atoms with Crippen molar-refractivity contribution in [1.29, 1.82) is 5.26 Å². The van der Waals surface area contributed by atoms with Gasteiger partial charge in [-0.25, -0.2) is 9.78 Å². The number of nitrogens with zero attached hydrogens (tertiary/aromatic N) is 3. The van der Waals surface area contributed by atoms with Crippen molar-refractivity contribution in [2.45, 2.75) is 19.1 Å². The summed E-state index contributed by atoms with van der Waals surface area (Å²) in [7, 11) is 0. The Kier molecular flexibility index (Phi) is 4.74. The number of ether oxygens (including phenoxy) is 1. The van der Waals surface area contributed by atoms with Crippen molar-refractivity contribution >= 4 is 17.4 Å². The number of thiophene rings is 1. The average molecular weight is 328 g/mol. The lowest BCUT2D eigenvalue weighted by Gasteiger charge is -2.17. The maximum absolute atomic E-state index is 12.1. The van der Waals surface area contributed by atoms with Crippen molar-refractivity contribution in [2.24, 2.45) is 0 Å². The van der Waals surface area contributed by atoms with Gasteiger partial charge in [-0.1, -0.05) is 6.07 Å². The Hall–Kier alpha value is -2.59. The average Bonchev–Trinajstić information content (AvgIpc) is 3.24. The number of rotatable bonds is 4. The van der Waals surface area contributed by atoms with Crippen LogP contribution in [0, 0.1) is 11.3 Å². The van der Waals surface area contributed by atoms with Crippen LogP contribution in [0.25, 0.3) is 0 Å². The monoisotopic (exact) mass is 328 g/mol. The van der Waals surface area contributed by atoms with Crippen molar-refractivity contribution in [2.75, 3.05) is 13.1 Å². The van der Waals surface area contributed by atoms with Crippen LogP contribution < -0.4 is 10.1 Å². The number of amides is 2. The van der Waals surface area contributed by atoms with Gasteiger partial charge in [-0.15, -0.1) is 11.3 Å². The molecule has 2 aromatic rings. The van der Waals surface area contributed by atoms with E-state index in [0.29, 0.717) is 31.1 Å². The molecule has 1 aliphatic rings. The van der Waals surface area contributed by atoms with Gasteiger partial charge < -0.3 is 15.0 Å². The number of aromatic nitrogens is 1. The second-order valence-corrected chi connectivity index (χ2v) is 6.24. The smallest absolute Gasteiger partial charge is 0.317 e. The molecule has 0 aromatic carbocycles. The molecule has 23 heavy (non-hydrogen) atoms. The molecule has 0 bridgehead atoms. The third-order valence-electron chi connectivity index (χ3n) is 3.58. The largest absolute Gasteiger partial charge is 0.472 e. The molecule has 2 amide bonds. The molecule has 118 valence electrons. The predicted octanol–water partition coefficient (Wildman–Crippen LogP) is 2.38. The van der Waals surface area contributed by atoms with Crippen LogP contribution in [0.2, 0.25) is 0 Å². The highest BCUT2D eigenvalue weighted by molar-refractivity contribution is 7.09. The second-order valence-electron chi connectivity index (χ2n) is 5.21. The SMILES string of the molecule is N#Cc1ccnc(OC2CCN(C(=O)NCc3cccs3)C2)c1. The van der Waals surface area contributed by atoms with Crippen LogP contribution in [0.5, 0.6) is 5.88 Å². The zero-order valence-electron chi connectivity index (χ0n) is 12.4. The van der Waals surface area contributed by atoms with Crippen LogP contribution in [-0.4, -0.2) is 35.1 Å². The first-order valence-electron chi connectivity index (χ1n) is 7.32. The molecule has 1 fully saturated rings. The van der Waals surface area contributed by atoms with Gasteiger partial charge in [-0.3, -0.25) is 0 Å². The van der Waals surface area contributed by atoms with Crippen LogP contribution in [-0.2, 0) is 6.54 Å². The van der Waals surface area contributed by atoms with Crippen LogP contribution in [0.4, 0.5) is 4.79 Å². The summed E-state index contributed by atoms with van der Waals surface area (Å²) in [5.74, 6) is 0.426. The van der Waals surface area contributed by atoms with Crippen molar-refractivity contribution < 1.29 is 9.53 Å². The van der Waals surface area contributed by atoms with Gasteiger partial charge in [0.2, 0.25) is 5.88 Å². The first kappa shape index (κ1) is 15.3. The topological polar surface area (TPSA) is 78.2 Å². The predicted molar refractivity (Wildman–Crippen MR) is 86.1 cm³/mol. The van der Waals surface area contributed by atoms with Crippen LogP contribution in [0.15, 0.2) is 35.8 Å². The Morgan fingerprint density at radius 2 is 2.48 bits per heavy atom. The Morgan fingerprint density at radius 1 is 1.57 bits per heavy atom. The molecule has 1 aliphatic heterocycles. The first-order valence-corrected chi connectivity index (χ1v) is 8.20. The molecule has 1 atom stereocenters. The Labute approximate surface area is 138 Å². The number of carbonyl (C=O) groups excluding carboxylic acids is 1. The van der Waals surface area contributed by atoms with Crippen molar-refractivity contribution in [3.05, 3.63) is 46.3 Å². The molecule has 3 heterocycles. The lowest BCUT2D eigenvalue weighted by Crippen LogP contribution is -2.38. The molecule has 1 saturated heterocycles. The fourth-order valence-electron chi connectivity index (χ4n) is 2.41. The minimum Gasteiger partial charge on any atom is -0.472 e. The minimum atomic E-state index is -0.0936. The number of nitrogens with one attached hydrogen (secondary N) is 1. The van der Waals surface area contributed by atoms with E-state index in [2.05, 4.69) is 16.4 Å². The summed E-state index contributed by atoms with van der Waals surface area (Å²) in [6.45, 7) is 1.72. The number of hydrogen-bond acceptors (Lipinski definition) is 5. The van der Waals surface area contributed by atoms with Crippen LogP contribution in [0.3, 0.4) is 0 Å². The fraction of sp³-hybridized carbons (Fsp3) is 0.312. The molecule has 0 saturated carbocycles. The van der Waals surface area contributed by atoms with Gasteiger partial charge in [0.05, 0.1) is 24.7 Å². The van der Waals surface area contributed by atoms with Gasteiger partial charge in [0, 0.05) is 30.1 Å². The van der Waals surface area contributed by atoms with E-state index in [4.69, 9.17) is 10.00 Å². The van der Waals surface area contributed by atoms with Crippen molar-refractivity contribution in [3.63, 3.8) is 0 Å². The summed E-state index contributed by atoms with van der Waals surface area (Å²) in [5, 5.41) is 13.8. The summed E-state index contributed by atoms with van der Waals surface area (Å²) in [4.78, 5) is 19.1. The van der Waals surface area contributed by atoms with E-state index in [0.717, 1.165) is 11.3 Å². The Balaban J connectivity index is 1.49. The van der Waals surface area contributed by atoms with Gasteiger partial charge in [-0.2, -0.15) is 5.26 Å². The molecule has 2 aromatic heterocycles. The molecular weight excluding hydrogens is 312 g/mol. The second kappa shape index (κ2) is 7.11. The molecule has 1 unspecified atom stereocenters. The van der Waals surface area contributed by atoms with Gasteiger partial charge >= 0.3 is 6.03 Å². The third-order valence-corrected chi connectivity index (χ3v) is 4.45. The quantitative estimate of drug-likeness (QED) is 0.934. The number of nitriles is 1. The molecule has 7 heteroatoms. The maximum Gasteiger partial charge on any atom is 0.317 e. The van der Waals surface area contributed by atoms with E-state index in [-0.39, 0.29) is 12.1 Å². The summed E-state index contributed by atoms with van der Waals surface area (Å²) < 4.78 is 5.77. The highest BCUT2D eigenvalue weighted by Gasteiger charge is 2.27. The van der Waals surface area contributed by atoms with E-state index in [1.807, 2.05) is 17.5 Å². The molecule has 6 nitrogen and oxygen atoms in total. The number of hydrogen-bond donors (Lipinski definition) is 1. The third kappa shape index (κ3) is 3.99. The maximum atomic E-state index is 12.1. The zero-order chi connectivity index (χ0) is 16.1. The molecule has 0 spiro atoms. The van der Waals surface area contributed by atoms with Gasteiger partial charge in [0.15, 0.2) is 0 Å². The molecule has 3 rings (SSSR count). The van der Waals surface area contributed by atoms with Crippen LogP contribution in [0.1, 0.15) is 16.9 Å². The molecular formula is C16H16N4O2S. The summed E-state index contributed by atoms with van der Waals surface area (Å²) in [6.07, 6.45) is 2.21. The lowest BCUT2D eigenvalue weighted by atomic mass is 10.3. The van der Waals surface area contributed by atoms with Crippen molar-refractivity contribution in [3.8, 4) is 11.9 Å².